The van der Waals surface area contributed by atoms with Gasteiger partial charge in [0.2, 0.25) is 5.91 Å². The minimum atomic E-state index is -0.123. The first-order chi connectivity index (χ1) is 11.2. The van der Waals surface area contributed by atoms with Crippen molar-refractivity contribution in [3.8, 4) is 11.5 Å². The Morgan fingerprint density at radius 1 is 1.22 bits per heavy atom. The fraction of sp³-hybridized carbons (Fsp3) is 0.235. The molecule has 120 valence electrons. The van der Waals surface area contributed by atoms with Gasteiger partial charge < -0.3 is 14.8 Å². The predicted octanol–water partition coefficient (Wildman–Crippen LogP) is 3.54. The molecule has 0 fully saturated rings. The SMILES string of the molecule is O=C(/C=C/c1ccc2c(c1)OCCO2)NCCc1ccc(Cl)s1. The molecule has 0 aliphatic carbocycles. The number of rotatable bonds is 5. The number of carbonyl (C=O) groups excluding carboxylic acids is 1. The quantitative estimate of drug-likeness (QED) is 0.840. The first-order valence-corrected chi connectivity index (χ1v) is 8.50. The molecule has 1 aliphatic rings. The number of ether oxygens (including phenoxy) is 2. The van der Waals surface area contributed by atoms with Crippen LogP contribution in [0.25, 0.3) is 6.08 Å². The third kappa shape index (κ3) is 4.50. The first-order valence-electron chi connectivity index (χ1n) is 7.30. The Morgan fingerprint density at radius 3 is 2.83 bits per heavy atom. The number of hydrogen-bond acceptors (Lipinski definition) is 4. The summed E-state index contributed by atoms with van der Waals surface area (Å²) in [5, 5.41) is 2.85. The van der Waals surface area contributed by atoms with E-state index in [0.29, 0.717) is 25.5 Å². The maximum absolute atomic E-state index is 11.8. The van der Waals surface area contributed by atoms with Crippen molar-refractivity contribution in [3.63, 3.8) is 0 Å². The van der Waals surface area contributed by atoms with Gasteiger partial charge in [-0.05, 0) is 42.3 Å². The molecule has 6 heteroatoms. The van der Waals surface area contributed by atoms with Crippen LogP contribution in [-0.2, 0) is 11.2 Å². The monoisotopic (exact) mass is 349 g/mol. The van der Waals surface area contributed by atoms with Gasteiger partial charge in [-0.15, -0.1) is 11.3 Å². The van der Waals surface area contributed by atoms with Crippen LogP contribution in [0, 0.1) is 0 Å². The number of benzene rings is 1. The average Bonchev–Trinajstić information content (AvgIpc) is 2.98. The van der Waals surface area contributed by atoms with Crippen molar-refractivity contribution in [2.45, 2.75) is 6.42 Å². The molecule has 0 saturated carbocycles. The molecule has 23 heavy (non-hydrogen) atoms. The summed E-state index contributed by atoms with van der Waals surface area (Å²) in [6.45, 7) is 1.70. The number of carbonyl (C=O) groups is 1. The molecule has 4 nitrogen and oxygen atoms in total. The lowest BCUT2D eigenvalue weighted by atomic mass is 10.2. The van der Waals surface area contributed by atoms with E-state index in [-0.39, 0.29) is 5.91 Å². The van der Waals surface area contributed by atoms with Gasteiger partial charge in [-0.1, -0.05) is 17.7 Å². The van der Waals surface area contributed by atoms with E-state index in [1.165, 1.54) is 17.4 Å². The normalized spacial score (nSPS) is 13.3. The van der Waals surface area contributed by atoms with Gasteiger partial charge in [0, 0.05) is 17.5 Å². The molecule has 0 spiro atoms. The summed E-state index contributed by atoms with van der Waals surface area (Å²) in [7, 11) is 0. The lowest BCUT2D eigenvalue weighted by Crippen LogP contribution is -2.23. The van der Waals surface area contributed by atoms with Gasteiger partial charge in [-0.2, -0.15) is 0 Å². The molecular weight excluding hydrogens is 334 g/mol. The lowest BCUT2D eigenvalue weighted by molar-refractivity contribution is -0.116. The van der Waals surface area contributed by atoms with E-state index in [9.17, 15) is 4.79 Å². The van der Waals surface area contributed by atoms with Crippen LogP contribution >= 0.6 is 22.9 Å². The highest BCUT2D eigenvalue weighted by atomic mass is 35.5. The van der Waals surface area contributed by atoms with E-state index in [0.717, 1.165) is 26.9 Å². The number of amides is 1. The molecule has 2 heterocycles. The highest BCUT2D eigenvalue weighted by molar-refractivity contribution is 7.16. The van der Waals surface area contributed by atoms with Gasteiger partial charge >= 0.3 is 0 Å². The maximum Gasteiger partial charge on any atom is 0.244 e. The number of thiophene rings is 1. The van der Waals surface area contributed by atoms with Crippen LogP contribution < -0.4 is 14.8 Å². The van der Waals surface area contributed by atoms with E-state index >= 15 is 0 Å². The second-order valence-electron chi connectivity index (χ2n) is 4.98. The highest BCUT2D eigenvalue weighted by Crippen LogP contribution is 2.31. The summed E-state index contributed by atoms with van der Waals surface area (Å²) in [6, 6.07) is 9.46. The molecule has 2 aromatic rings. The van der Waals surface area contributed by atoms with Gasteiger partial charge in [-0.25, -0.2) is 0 Å². The second-order valence-corrected chi connectivity index (χ2v) is 6.78. The number of halogens is 1. The summed E-state index contributed by atoms with van der Waals surface area (Å²) in [5.41, 5.74) is 0.898. The number of fused-ring (bicyclic) bond motifs is 1. The molecule has 0 saturated heterocycles. The van der Waals surface area contributed by atoms with Crippen molar-refractivity contribution < 1.29 is 14.3 Å². The molecule has 1 aromatic heterocycles. The average molecular weight is 350 g/mol. The summed E-state index contributed by atoms with van der Waals surface area (Å²) >= 11 is 7.40. The van der Waals surface area contributed by atoms with Gasteiger partial charge in [0.25, 0.3) is 0 Å². The van der Waals surface area contributed by atoms with Crippen molar-refractivity contribution >= 4 is 34.9 Å². The van der Waals surface area contributed by atoms with Crippen molar-refractivity contribution in [1.29, 1.82) is 0 Å². The van der Waals surface area contributed by atoms with Gasteiger partial charge in [-0.3, -0.25) is 4.79 Å². The van der Waals surface area contributed by atoms with E-state index in [1.54, 1.807) is 6.08 Å². The first kappa shape index (κ1) is 15.9. The van der Waals surface area contributed by atoms with E-state index < -0.39 is 0 Å². The number of nitrogens with one attached hydrogen (secondary N) is 1. The minimum Gasteiger partial charge on any atom is -0.486 e. The highest BCUT2D eigenvalue weighted by Gasteiger charge is 2.10. The van der Waals surface area contributed by atoms with Crippen LogP contribution in [0.4, 0.5) is 0 Å². The topological polar surface area (TPSA) is 47.6 Å². The van der Waals surface area contributed by atoms with Crippen molar-refractivity contribution in [1.82, 2.24) is 5.32 Å². The Hall–Kier alpha value is -1.98. The third-order valence-electron chi connectivity index (χ3n) is 3.29. The van der Waals surface area contributed by atoms with Gasteiger partial charge in [0.05, 0.1) is 4.34 Å². The molecule has 0 radical (unpaired) electrons. The Labute approximate surface area is 143 Å². The Balaban J connectivity index is 1.50. The standard InChI is InChI=1S/C17H16ClNO3S/c18-16-5-3-13(23-16)7-8-19-17(20)6-2-12-1-4-14-15(11-12)22-10-9-21-14/h1-6,11H,7-10H2,(H,19,20)/b6-2+. The second kappa shape index (κ2) is 7.53. The molecular formula is C17H16ClNO3S. The third-order valence-corrected chi connectivity index (χ3v) is 4.58. The van der Waals surface area contributed by atoms with E-state index in [2.05, 4.69) is 5.32 Å². The predicted molar refractivity (Wildman–Crippen MR) is 92.5 cm³/mol. The summed E-state index contributed by atoms with van der Waals surface area (Å²) in [6.07, 6.45) is 4.06. The van der Waals surface area contributed by atoms with Crippen LogP contribution in [0.2, 0.25) is 4.34 Å². The van der Waals surface area contributed by atoms with E-state index in [1.807, 2.05) is 30.3 Å². The molecule has 1 amide bonds. The van der Waals surface area contributed by atoms with Crippen LogP contribution in [0.5, 0.6) is 11.5 Å². The lowest BCUT2D eigenvalue weighted by Gasteiger charge is -2.18. The fourth-order valence-corrected chi connectivity index (χ4v) is 3.28. The zero-order valence-corrected chi connectivity index (χ0v) is 14.0. The van der Waals surface area contributed by atoms with Gasteiger partial charge in [0.1, 0.15) is 13.2 Å². The fourth-order valence-electron chi connectivity index (χ4n) is 2.19. The smallest absolute Gasteiger partial charge is 0.244 e. The van der Waals surface area contributed by atoms with Crippen LogP contribution in [0.15, 0.2) is 36.4 Å². The summed E-state index contributed by atoms with van der Waals surface area (Å²) < 4.78 is 11.8. The van der Waals surface area contributed by atoms with Crippen molar-refractivity contribution in [3.05, 3.63) is 51.2 Å². The summed E-state index contributed by atoms with van der Waals surface area (Å²) in [4.78, 5) is 13.0. The molecule has 1 aromatic carbocycles. The van der Waals surface area contributed by atoms with Crippen LogP contribution in [0.3, 0.4) is 0 Å². The largest absolute Gasteiger partial charge is 0.486 e. The molecule has 0 unspecified atom stereocenters. The van der Waals surface area contributed by atoms with Crippen LogP contribution in [-0.4, -0.2) is 25.7 Å². The molecule has 1 aliphatic heterocycles. The number of hydrogen-bond donors (Lipinski definition) is 1. The molecule has 0 bridgehead atoms. The summed E-state index contributed by atoms with van der Waals surface area (Å²) in [5.74, 6) is 1.34. The molecule has 1 N–H and O–H groups in total. The minimum absolute atomic E-state index is 0.123. The van der Waals surface area contributed by atoms with Gasteiger partial charge in [0.15, 0.2) is 11.5 Å². The molecule has 3 rings (SSSR count). The molecule has 0 atom stereocenters. The van der Waals surface area contributed by atoms with E-state index in [4.69, 9.17) is 21.1 Å². The van der Waals surface area contributed by atoms with Crippen molar-refractivity contribution in [2.75, 3.05) is 19.8 Å². The Morgan fingerprint density at radius 2 is 2.04 bits per heavy atom. The Kier molecular flexibility index (Phi) is 5.20. The zero-order chi connectivity index (χ0) is 16.1. The Bertz CT molecular complexity index is 726. The maximum atomic E-state index is 11.8. The van der Waals surface area contributed by atoms with Crippen molar-refractivity contribution in [2.24, 2.45) is 0 Å². The van der Waals surface area contributed by atoms with Crippen LogP contribution in [0.1, 0.15) is 10.4 Å². The zero-order valence-electron chi connectivity index (χ0n) is 12.4.